The van der Waals surface area contributed by atoms with Crippen LogP contribution in [0.15, 0.2) is 0 Å². The second-order valence-electron chi connectivity index (χ2n) is 5.02. The largest absolute Gasteiger partial charge is 0.443 e. The molecule has 1 aliphatic heterocycles. The summed E-state index contributed by atoms with van der Waals surface area (Å²) in [6.45, 7) is 6.79. The average molecular weight is 228 g/mol. The Morgan fingerprint density at radius 2 is 1.69 bits per heavy atom. The van der Waals surface area contributed by atoms with Gasteiger partial charge in [-0.15, -0.1) is 0 Å². The summed E-state index contributed by atoms with van der Waals surface area (Å²) in [6, 6.07) is -0.272. The highest BCUT2D eigenvalue weighted by Crippen LogP contribution is 2.13. The van der Waals surface area contributed by atoms with Crippen molar-refractivity contribution >= 4 is 12.1 Å². The third kappa shape index (κ3) is 3.40. The van der Waals surface area contributed by atoms with Crippen molar-refractivity contribution < 1.29 is 14.3 Å². The Labute approximate surface area is 96.3 Å². The molecular formula is C11H20N2O3. The molecule has 1 fully saturated rings. The van der Waals surface area contributed by atoms with Crippen molar-refractivity contribution in [1.29, 1.82) is 0 Å². The molecule has 0 saturated carbocycles. The number of carbonyl (C=O) groups excluding carboxylic acids is 2. The van der Waals surface area contributed by atoms with Gasteiger partial charge in [0.15, 0.2) is 0 Å². The lowest BCUT2D eigenvalue weighted by Crippen LogP contribution is -2.44. The summed E-state index contributed by atoms with van der Waals surface area (Å²) >= 11 is 0. The molecule has 0 aromatic heterocycles. The predicted octanol–water partition coefficient (Wildman–Crippen LogP) is 2.07. The maximum absolute atomic E-state index is 11.8. The number of ether oxygens (including phenoxy) is 1. The Balaban J connectivity index is 2.52. The number of nitrogens with zero attached hydrogens (tertiary/aromatic N) is 2. The summed E-state index contributed by atoms with van der Waals surface area (Å²) in [5.41, 5.74) is -0.573. The predicted molar refractivity (Wildman–Crippen MR) is 60.2 cm³/mol. The maximum atomic E-state index is 11.8. The molecule has 1 aliphatic rings. The smallest absolute Gasteiger partial charge is 0.418 e. The van der Waals surface area contributed by atoms with Gasteiger partial charge in [0, 0.05) is 20.1 Å². The fourth-order valence-corrected chi connectivity index (χ4v) is 1.53. The van der Waals surface area contributed by atoms with Crippen LogP contribution in [0.25, 0.3) is 0 Å². The average Bonchev–Trinajstić information content (AvgIpc) is 2.65. The monoisotopic (exact) mass is 228 g/mol. The fraction of sp³-hybridized carbons (Fsp3) is 0.818. The minimum Gasteiger partial charge on any atom is -0.443 e. The summed E-state index contributed by atoms with van der Waals surface area (Å²) in [6.07, 6.45) is 1.42. The van der Waals surface area contributed by atoms with Crippen LogP contribution in [0.4, 0.5) is 9.59 Å². The van der Waals surface area contributed by atoms with Crippen LogP contribution in [0.2, 0.25) is 0 Å². The van der Waals surface area contributed by atoms with Gasteiger partial charge < -0.3 is 9.64 Å². The third-order valence-corrected chi connectivity index (χ3v) is 2.33. The second kappa shape index (κ2) is 4.72. The van der Waals surface area contributed by atoms with Gasteiger partial charge in [0.05, 0.1) is 0 Å². The zero-order valence-electron chi connectivity index (χ0n) is 10.4. The summed E-state index contributed by atoms with van der Waals surface area (Å²) in [7, 11) is 1.45. The molecule has 1 saturated heterocycles. The standard InChI is InChI=1S/C11H20N2O3/c1-11(2,3)16-10(15)12(4)9(14)13-7-5-6-8-13/h5-8H2,1-4H3. The van der Waals surface area contributed by atoms with Crippen molar-refractivity contribution in [1.82, 2.24) is 9.80 Å². The first kappa shape index (κ1) is 12.8. The van der Waals surface area contributed by atoms with Crippen LogP contribution in [-0.4, -0.2) is 47.7 Å². The highest BCUT2D eigenvalue weighted by Gasteiger charge is 2.28. The van der Waals surface area contributed by atoms with Gasteiger partial charge in [-0.1, -0.05) is 0 Å². The second-order valence-corrected chi connectivity index (χ2v) is 5.02. The molecule has 16 heavy (non-hydrogen) atoms. The number of carbonyl (C=O) groups is 2. The summed E-state index contributed by atoms with van der Waals surface area (Å²) < 4.78 is 5.12. The summed E-state index contributed by atoms with van der Waals surface area (Å²) in [5.74, 6) is 0. The number of imide groups is 1. The number of amides is 3. The molecule has 0 N–H and O–H groups in total. The van der Waals surface area contributed by atoms with Crippen LogP contribution in [0, 0.1) is 0 Å². The molecule has 1 rings (SSSR count). The van der Waals surface area contributed by atoms with E-state index in [1.807, 2.05) is 0 Å². The maximum Gasteiger partial charge on any atom is 0.418 e. The Morgan fingerprint density at radius 3 is 2.12 bits per heavy atom. The lowest BCUT2D eigenvalue weighted by molar-refractivity contribution is 0.0333. The van der Waals surface area contributed by atoms with E-state index in [4.69, 9.17) is 4.74 Å². The highest BCUT2D eigenvalue weighted by atomic mass is 16.6. The Kier molecular flexibility index (Phi) is 3.78. The van der Waals surface area contributed by atoms with Crippen molar-refractivity contribution in [2.24, 2.45) is 0 Å². The third-order valence-electron chi connectivity index (χ3n) is 2.33. The number of hydrogen-bond acceptors (Lipinski definition) is 3. The molecule has 1 heterocycles. The minimum atomic E-state index is -0.593. The molecule has 5 nitrogen and oxygen atoms in total. The molecule has 0 spiro atoms. The van der Waals surface area contributed by atoms with Crippen molar-refractivity contribution in [2.45, 2.75) is 39.2 Å². The van der Waals surface area contributed by atoms with E-state index >= 15 is 0 Å². The Hall–Kier alpha value is -1.26. The van der Waals surface area contributed by atoms with Gasteiger partial charge in [-0.2, -0.15) is 0 Å². The fourth-order valence-electron chi connectivity index (χ4n) is 1.53. The molecule has 0 bridgehead atoms. The van der Waals surface area contributed by atoms with E-state index < -0.39 is 11.7 Å². The van der Waals surface area contributed by atoms with Crippen LogP contribution in [-0.2, 0) is 4.74 Å². The van der Waals surface area contributed by atoms with Gasteiger partial charge in [0.1, 0.15) is 5.60 Å². The van der Waals surface area contributed by atoms with Crippen molar-refractivity contribution in [3.63, 3.8) is 0 Å². The quantitative estimate of drug-likeness (QED) is 0.637. The lowest BCUT2D eigenvalue weighted by Gasteiger charge is -2.26. The Bertz CT molecular complexity index is 277. The van der Waals surface area contributed by atoms with E-state index in [0.717, 1.165) is 30.8 Å². The van der Waals surface area contributed by atoms with Crippen LogP contribution in [0.3, 0.4) is 0 Å². The molecule has 5 heteroatoms. The number of urea groups is 1. The van der Waals surface area contributed by atoms with Gasteiger partial charge in [0.2, 0.25) is 0 Å². The van der Waals surface area contributed by atoms with E-state index in [1.54, 1.807) is 25.7 Å². The first-order valence-electron chi connectivity index (χ1n) is 5.57. The van der Waals surface area contributed by atoms with E-state index in [0.29, 0.717) is 0 Å². The van der Waals surface area contributed by atoms with E-state index in [1.165, 1.54) is 7.05 Å². The number of likely N-dealkylation sites (tertiary alicyclic amines) is 1. The van der Waals surface area contributed by atoms with Crippen LogP contribution in [0.5, 0.6) is 0 Å². The molecule has 0 unspecified atom stereocenters. The lowest BCUT2D eigenvalue weighted by atomic mass is 10.2. The van der Waals surface area contributed by atoms with Gasteiger partial charge in [0.25, 0.3) is 0 Å². The van der Waals surface area contributed by atoms with Gasteiger partial charge in [-0.05, 0) is 33.6 Å². The van der Waals surface area contributed by atoms with Crippen molar-refractivity contribution in [3.05, 3.63) is 0 Å². The highest BCUT2D eigenvalue weighted by molar-refractivity contribution is 5.90. The van der Waals surface area contributed by atoms with Gasteiger partial charge >= 0.3 is 12.1 Å². The zero-order chi connectivity index (χ0) is 12.3. The van der Waals surface area contributed by atoms with Crippen molar-refractivity contribution in [2.75, 3.05) is 20.1 Å². The molecule has 0 radical (unpaired) electrons. The molecular weight excluding hydrogens is 208 g/mol. The molecule has 92 valence electrons. The summed E-state index contributed by atoms with van der Waals surface area (Å²) in [5, 5.41) is 0. The van der Waals surface area contributed by atoms with E-state index in [2.05, 4.69) is 0 Å². The normalized spacial score (nSPS) is 16.1. The first-order valence-corrected chi connectivity index (χ1v) is 5.57. The van der Waals surface area contributed by atoms with Gasteiger partial charge in [-0.25, -0.2) is 14.5 Å². The molecule has 0 aromatic carbocycles. The van der Waals surface area contributed by atoms with Crippen molar-refractivity contribution in [3.8, 4) is 0 Å². The molecule has 0 atom stereocenters. The van der Waals surface area contributed by atoms with Gasteiger partial charge in [-0.3, -0.25) is 0 Å². The topological polar surface area (TPSA) is 49.9 Å². The SMILES string of the molecule is CN(C(=O)OC(C)(C)C)C(=O)N1CCCC1. The molecule has 3 amide bonds. The molecule has 0 aliphatic carbocycles. The van der Waals surface area contributed by atoms with Crippen LogP contribution in [0.1, 0.15) is 33.6 Å². The summed E-state index contributed by atoms with van der Waals surface area (Å²) in [4.78, 5) is 26.1. The number of rotatable bonds is 0. The van der Waals surface area contributed by atoms with E-state index in [9.17, 15) is 9.59 Å². The minimum absolute atomic E-state index is 0.272. The van der Waals surface area contributed by atoms with Crippen LogP contribution < -0.4 is 0 Å². The van der Waals surface area contributed by atoms with E-state index in [-0.39, 0.29) is 6.03 Å². The first-order chi connectivity index (χ1) is 7.31. The number of hydrogen-bond donors (Lipinski definition) is 0. The molecule has 0 aromatic rings. The van der Waals surface area contributed by atoms with Crippen LogP contribution >= 0.6 is 0 Å². The Morgan fingerprint density at radius 1 is 1.19 bits per heavy atom. The zero-order valence-corrected chi connectivity index (χ0v) is 10.4.